The summed E-state index contributed by atoms with van der Waals surface area (Å²) in [6.07, 6.45) is 0. The first kappa shape index (κ1) is 25.3. The SMILES string of the molecule is Cc1ccc(-c2cccc3c2sc2c(-c4cccc(-c5ccc6c7ccccc7c7ccccc7c6c5)c4)cccc23)cc1. The highest BCUT2D eigenvalue weighted by Gasteiger charge is 2.15. The van der Waals surface area contributed by atoms with Crippen LogP contribution in [0, 0.1) is 6.92 Å². The third kappa shape index (κ3) is 3.90. The van der Waals surface area contributed by atoms with Gasteiger partial charge in [0.15, 0.2) is 0 Å². The molecule has 0 aliphatic carbocycles. The van der Waals surface area contributed by atoms with Crippen molar-refractivity contribution in [3.63, 3.8) is 0 Å². The van der Waals surface area contributed by atoms with Gasteiger partial charge in [0.25, 0.3) is 0 Å². The molecular formula is C43H28S. The van der Waals surface area contributed by atoms with Crippen molar-refractivity contribution >= 4 is 63.8 Å². The lowest BCUT2D eigenvalue weighted by Gasteiger charge is -2.12. The number of fused-ring (bicyclic) bond motifs is 9. The highest BCUT2D eigenvalue weighted by atomic mass is 32.1. The first-order valence-electron chi connectivity index (χ1n) is 15.2. The van der Waals surface area contributed by atoms with Crippen LogP contribution in [0.5, 0.6) is 0 Å². The molecule has 0 saturated carbocycles. The van der Waals surface area contributed by atoms with Crippen LogP contribution >= 0.6 is 11.3 Å². The Hall–Kier alpha value is -5.24. The van der Waals surface area contributed by atoms with E-state index in [1.807, 2.05) is 11.3 Å². The Morgan fingerprint density at radius 3 is 1.41 bits per heavy atom. The third-order valence-electron chi connectivity index (χ3n) is 9.14. The van der Waals surface area contributed by atoms with E-state index in [1.165, 1.54) is 91.4 Å². The summed E-state index contributed by atoms with van der Waals surface area (Å²) >= 11 is 1.91. The van der Waals surface area contributed by atoms with E-state index in [1.54, 1.807) is 0 Å². The van der Waals surface area contributed by atoms with E-state index < -0.39 is 0 Å². The molecule has 0 aliphatic rings. The Bertz CT molecular complexity index is 2510. The zero-order valence-electron chi connectivity index (χ0n) is 24.3. The van der Waals surface area contributed by atoms with E-state index in [9.17, 15) is 0 Å². The minimum atomic E-state index is 1.24. The lowest BCUT2D eigenvalue weighted by Crippen LogP contribution is -1.86. The van der Waals surface area contributed by atoms with Crippen LogP contribution in [-0.4, -0.2) is 0 Å². The van der Waals surface area contributed by atoms with Gasteiger partial charge in [-0.15, -0.1) is 11.3 Å². The Labute approximate surface area is 260 Å². The molecule has 0 fully saturated rings. The Balaban J connectivity index is 1.21. The molecule has 1 heteroatoms. The maximum absolute atomic E-state index is 2.39. The second-order valence-electron chi connectivity index (χ2n) is 11.8. The summed E-state index contributed by atoms with van der Waals surface area (Å²) in [7, 11) is 0. The maximum Gasteiger partial charge on any atom is 0.0434 e. The van der Waals surface area contributed by atoms with Crippen LogP contribution in [0.4, 0.5) is 0 Å². The molecule has 1 heterocycles. The molecule has 1 aromatic heterocycles. The molecule has 0 nitrogen and oxygen atoms in total. The van der Waals surface area contributed by atoms with Crippen LogP contribution in [-0.2, 0) is 0 Å². The standard InChI is InChI=1S/C43H28S/c1-27-19-21-28(22-20-27)32-15-7-17-39-40-18-8-16-33(43(40)44-42(32)39)31-10-6-9-29(25-31)30-23-24-38-36-13-3-2-11-34(36)35-12-4-5-14-37(35)41(38)26-30/h2-26H,1H3. The molecule has 0 bridgehead atoms. The summed E-state index contributed by atoms with van der Waals surface area (Å²) in [6.45, 7) is 2.15. The van der Waals surface area contributed by atoms with Gasteiger partial charge in [-0.25, -0.2) is 0 Å². The molecule has 0 amide bonds. The predicted molar refractivity (Wildman–Crippen MR) is 193 cm³/mol. The molecule has 44 heavy (non-hydrogen) atoms. The Morgan fingerprint density at radius 2 is 0.773 bits per heavy atom. The molecule has 0 spiro atoms. The minimum absolute atomic E-state index is 1.24. The van der Waals surface area contributed by atoms with E-state index in [2.05, 4.69) is 159 Å². The van der Waals surface area contributed by atoms with Crippen LogP contribution in [0.1, 0.15) is 5.56 Å². The number of benzene rings is 8. The highest BCUT2D eigenvalue weighted by molar-refractivity contribution is 7.26. The van der Waals surface area contributed by atoms with Gasteiger partial charge in [0.1, 0.15) is 0 Å². The van der Waals surface area contributed by atoms with Crippen molar-refractivity contribution in [2.24, 2.45) is 0 Å². The van der Waals surface area contributed by atoms with Gasteiger partial charge in [0.2, 0.25) is 0 Å². The number of hydrogen-bond donors (Lipinski definition) is 0. The molecule has 0 atom stereocenters. The van der Waals surface area contributed by atoms with Gasteiger partial charge in [0.05, 0.1) is 0 Å². The van der Waals surface area contributed by atoms with Gasteiger partial charge in [0, 0.05) is 20.2 Å². The quantitative estimate of drug-likeness (QED) is 0.184. The smallest absolute Gasteiger partial charge is 0.0434 e. The van der Waals surface area contributed by atoms with Crippen molar-refractivity contribution in [2.45, 2.75) is 6.92 Å². The fourth-order valence-electron chi connectivity index (χ4n) is 6.96. The van der Waals surface area contributed by atoms with Crippen LogP contribution in [0.25, 0.3) is 85.9 Å². The molecule has 0 aliphatic heterocycles. The topological polar surface area (TPSA) is 0 Å². The van der Waals surface area contributed by atoms with Crippen molar-refractivity contribution in [3.8, 4) is 33.4 Å². The molecule has 0 unspecified atom stereocenters. The average molecular weight is 577 g/mol. The Morgan fingerprint density at radius 1 is 0.318 bits per heavy atom. The first-order chi connectivity index (χ1) is 21.7. The zero-order valence-corrected chi connectivity index (χ0v) is 25.2. The molecule has 206 valence electrons. The number of thiophene rings is 1. The van der Waals surface area contributed by atoms with Crippen LogP contribution in [0.15, 0.2) is 152 Å². The normalized spacial score (nSPS) is 11.8. The summed E-state index contributed by atoms with van der Waals surface area (Å²) in [6, 6.07) is 56.0. The van der Waals surface area contributed by atoms with Gasteiger partial charge in [-0.2, -0.15) is 0 Å². The number of rotatable bonds is 3. The molecule has 0 N–H and O–H groups in total. The minimum Gasteiger partial charge on any atom is -0.134 e. The van der Waals surface area contributed by atoms with E-state index in [0.29, 0.717) is 0 Å². The van der Waals surface area contributed by atoms with Crippen LogP contribution in [0.2, 0.25) is 0 Å². The van der Waals surface area contributed by atoms with Crippen molar-refractivity contribution in [1.29, 1.82) is 0 Å². The lowest BCUT2D eigenvalue weighted by molar-refractivity contribution is 1.47. The monoisotopic (exact) mass is 576 g/mol. The largest absolute Gasteiger partial charge is 0.134 e. The van der Waals surface area contributed by atoms with Gasteiger partial charge >= 0.3 is 0 Å². The highest BCUT2D eigenvalue weighted by Crippen LogP contribution is 2.44. The number of aryl methyl sites for hydroxylation is 1. The summed E-state index contributed by atoms with van der Waals surface area (Å²) in [4.78, 5) is 0. The van der Waals surface area contributed by atoms with E-state index in [0.717, 1.165) is 0 Å². The molecule has 9 aromatic rings. The van der Waals surface area contributed by atoms with Gasteiger partial charge < -0.3 is 0 Å². The van der Waals surface area contributed by atoms with Crippen molar-refractivity contribution < 1.29 is 0 Å². The second kappa shape index (κ2) is 9.91. The van der Waals surface area contributed by atoms with Crippen molar-refractivity contribution in [1.82, 2.24) is 0 Å². The Kier molecular flexibility index (Phi) is 5.69. The fourth-order valence-corrected chi connectivity index (χ4v) is 8.33. The van der Waals surface area contributed by atoms with Crippen LogP contribution in [0.3, 0.4) is 0 Å². The van der Waals surface area contributed by atoms with Crippen molar-refractivity contribution in [2.75, 3.05) is 0 Å². The molecule has 0 radical (unpaired) electrons. The zero-order chi connectivity index (χ0) is 29.2. The summed E-state index contributed by atoms with van der Waals surface area (Å²) in [5.41, 5.74) is 8.88. The third-order valence-corrected chi connectivity index (χ3v) is 10.4. The van der Waals surface area contributed by atoms with E-state index in [-0.39, 0.29) is 0 Å². The number of hydrogen-bond acceptors (Lipinski definition) is 1. The summed E-state index contributed by atoms with van der Waals surface area (Å²) in [5.74, 6) is 0. The molecular weight excluding hydrogens is 549 g/mol. The van der Waals surface area contributed by atoms with E-state index in [4.69, 9.17) is 0 Å². The molecule has 8 aromatic carbocycles. The first-order valence-corrected chi connectivity index (χ1v) is 16.0. The average Bonchev–Trinajstić information content (AvgIpc) is 3.48. The molecule has 9 rings (SSSR count). The lowest BCUT2D eigenvalue weighted by atomic mass is 9.91. The van der Waals surface area contributed by atoms with Gasteiger partial charge in [-0.3, -0.25) is 0 Å². The predicted octanol–water partition coefficient (Wildman–Crippen LogP) is 12.8. The summed E-state index contributed by atoms with van der Waals surface area (Å²) < 4.78 is 2.69. The van der Waals surface area contributed by atoms with Crippen LogP contribution < -0.4 is 0 Å². The fraction of sp³-hybridized carbons (Fsp3) is 0.0233. The second-order valence-corrected chi connectivity index (χ2v) is 12.8. The van der Waals surface area contributed by atoms with Gasteiger partial charge in [-0.1, -0.05) is 145 Å². The van der Waals surface area contributed by atoms with E-state index >= 15 is 0 Å². The summed E-state index contributed by atoms with van der Waals surface area (Å²) in [5, 5.41) is 10.5. The van der Waals surface area contributed by atoms with Gasteiger partial charge in [-0.05, 0) is 84.8 Å². The maximum atomic E-state index is 2.39. The molecule has 0 saturated heterocycles. The van der Waals surface area contributed by atoms with Crippen molar-refractivity contribution in [3.05, 3.63) is 157 Å².